The first-order valence-corrected chi connectivity index (χ1v) is 16.7. The minimum absolute atomic E-state index is 0.886. The first-order chi connectivity index (χ1) is 24.3. The first kappa shape index (κ1) is 27.6. The van der Waals surface area contributed by atoms with E-state index in [0.29, 0.717) is 0 Å². The molecule has 0 unspecified atom stereocenters. The molecular weight excluding hydrogens is 595 g/mol. The van der Waals surface area contributed by atoms with Gasteiger partial charge < -0.3 is 4.42 Å². The van der Waals surface area contributed by atoms with E-state index in [0.717, 1.165) is 44.3 Å². The van der Waals surface area contributed by atoms with Crippen molar-refractivity contribution in [3.05, 3.63) is 176 Å². The van der Waals surface area contributed by atoms with Gasteiger partial charge in [0.1, 0.15) is 11.2 Å². The van der Waals surface area contributed by atoms with Crippen molar-refractivity contribution in [2.45, 2.75) is 0 Å². The lowest BCUT2D eigenvalue weighted by Crippen LogP contribution is -1.93. The van der Waals surface area contributed by atoms with Crippen LogP contribution in [-0.2, 0) is 0 Å². The molecule has 8 aromatic carbocycles. The zero-order chi connectivity index (χ0) is 32.3. The van der Waals surface area contributed by atoms with Crippen molar-refractivity contribution < 1.29 is 4.42 Å². The van der Waals surface area contributed by atoms with Gasteiger partial charge in [0.2, 0.25) is 0 Å². The topological polar surface area (TPSA) is 26.0 Å². The van der Waals surface area contributed by atoms with Gasteiger partial charge in [-0.25, -0.2) is 0 Å². The quantitative estimate of drug-likeness (QED) is 0.182. The van der Waals surface area contributed by atoms with Crippen LogP contribution in [0.25, 0.3) is 98.9 Å². The SMILES string of the molecule is c1ccc(-c2ccc(-c3c4ccccc4c(-c4ccc(-c5cccc6oc7ccc8ccccc8c7c56)cn4)c4ccccc34)cc2)cc1. The Bertz CT molecular complexity index is 2790. The van der Waals surface area contributed by atoms with Gasteiger partial charge in [0.15, 0.2) is 0 Å². The molecule has 2 heterocycles. The molecule has 0 saturated carbocycles. The maximum Gasteiger partial charge on any atom is 0.136 e. The predicted octanol–water partition coefficient (Wildman–Crippen LogP) is 13.1. The van der Waals surface area contributed by atoms with Gasteiger partial charge >= 0.3 is 0 Å². The number of furan rings is 1. The molecule has 0 fully saturated rings. The van der Waals surface area contributed by atoms with E-state index in [1.165, 1.54) is 54.6 Å². The number of fused-ring (bicyclic) bond motifs is 7. The molecule has 0 bridgehead atoms. The molecule has 2 heteroatoms. The molecule has 2 aromatic heterocycles. The van der Waals surface area contributed by atoms with Crippen LogP contribution in [0.5, 0.6) is 0 Å². The van der Waals surface area contributed by atoms with Crippen LogP contribution in [0.4, 0.5) is 0 Å². The van der Waals surface area contributed by atoms with Crippen LogP contribution in [0.3, 0.4) is 0 Å². The Hall–Kier alpha value is -6.51. The van der Waals surface area contributed by atoms with E-state index in [-0.39, 0.29) is 0 Å². The number of nitrogens with zero attached hydrogens (tertiary/aromatic N) is 1. The Kier molecular flexibility index (Phi) is 6.22. The third-order valence-corrected chi connectivity index (χ3v) is 9.93. The van der Waals surface area contributed by atoms with Crippen LogP contribution in [0, 0.1) is 0 Å². The van der Waals surface area contributed by atoms with Crippen molar-refractivity contribution in [3.8, 4) is 44.6 Å². The van der Waals surface area contributed by atoms with Gasteiger partial charge in [-0.1, -0.05) is 152 Å². The van der Waals surface area contributed by atoms with E-state index < -0.39 is 0 Å². The second-order valence-electron chi connectivity index (χ2n) is 12.7. The molecular formula is C47H29NO. The lowest BCUT2D eigenvalue weighted by atomic mass is 9.86. The van der Waals surface area contributed by atoms with Crippen molar-refractivity contribution >= 4 is 54.3 Å². The highest BCUT2D eigenvalue weighted by molar-refractivity contribution is 6.23. The van der Waals surface area contributed by atoms with E-state index in [1.807, 2.05) is 6.20 Å². The Labute approximate surface area is 283 Å². The molecule has 2 nitrogen and oxygen atoms in total. The number of benzene rings is 8. The van der Waals surface area contributed by atoms with Crippen molar-refractivity contribution in [2.24, 2.45) is 0 Å². The summed E-state index contributed by atoms with van der Waals surface area (Å²) < 4.78 is 6.37. The number of aromatic nitrogens is 1. The molecule has 0 spiro atoms. The average Bonchev–Trinajstić information content (AvgIpc) is 3.57. The van der Waals surface area contributed by atoms with Crippen LogP contribution < -0.4 is 0 Å². The Morgan fingerprint density at radius 1 is 0.347 bits per heavy atom. The van der Waals surface area contributed by atoms with Gasteiger partial charge in [0, 0.05) is 28.1 Å². The molecule has 0 aliphatic heterocycles. The Balaban J connectivity index is 1.14. The van der Waals surface area contributed by atoms with Crippen molar-refractivity contribution in [1.29, 1.82) is 0 Å². The molecule has 0 aliphatic carbocycles. The van der Waals surface area contributed by atoms with Gasteiger partial charge in [-0.05, 0) is 78.3 Å². The van der Waals surface area contributed by atoms with Crippen LogP contribution in [0.2, 0.25) is 0 Å². The summed E-state index contributed by atoms with van der Waals surface area (Å²) in [5.74, 6) is 0. The largest absolute Gasteiger partial charge is 0.456 e. The fourth-order valence-electron chi connectivity index (χ4n) is 7.70. The van der Waals surface area contributed by atoms with Crippen LogP contribution >= 0.6 is 0 Å². The van der Waals surface area contributed by atoms with Gasteiger partial charge in [-0.2, -0.15) is 0 Å². The number of rotatable bonds is 4. The summed E-state index contributed by atoms with van der Waals surface area (Å²) >= 11 is 0. The molecule has 228 valence electrons. The number of hydrogen-bond donors (Lipinski definition) is 0. The molecule has 0 N–H and O–H groups in total. The van der Waals surface area contributed by atoms with E-state index >= 15 is 0 Å². The minimum Gasteiger partial charge on any atom is -0.456 e. The molecule has 0 amide bonds. The average molecular weight is 624 g/mol. The highest BCUT2D eigenvalue weighted by atomic mass is 16.3. The van der Waals surface area contributed by atoms with Gasteiger partial charge in [0.05, 0.1) is 5.69 Å². The van der Waals surface area contributed by atoms with E-state index in [9.17, 15) is 0 Å². The smallest absolute Gasteiger partial charge is 0.136 e. The normalized spacial score (nSPS) is 11.7. The summed E-state index contributed by atoms with van der Waals surface area (Å²) in [7, 11) is 0. The molecule has 10 rings (SSSR count). The maximum atomic E-state index is 6.37. The monoisotopic (exact) mass is 623 g/mol. The second-order valence-corrected chi connectivity index (χ2v) is 12.7. The number of pyridine rings is 1. The first-order valence-electron chi connectivity index (χ1n) is 16.7. The summed E-state index contributed by atoms with van der Waals surface area (Å²) in [6.07, 6.45) is 2.02. The zero-order valence-electron chi connectivity index (χ0n) is 26.6. The molecule has 0 saturated heterocycles. The highest BCUT2D eigenvalue weighted by Crippen LogP contribution is 2.44. The molecule has 0 aliphatic rings. The fraction of sp³-hybridized carbons (Fsp3) is 0. The lowest BCUT2D eigenvalue weighted by Gasteiger charge is -2.17. The van der Waals surface area contributed by atoms with Crippen LogP contribution in [0.15, 0.2) is 180 Å². The van der Waals surface area contributed by atoms with Crippen LogP contribution in [0.1, 0.15) is 0 Å². The number of hydrogen-bond acceptors (Lipinski definition) is 2. The predicted molar refractivity (Wildman–Crippen MR) is 206 cm³/mol. The van der Waals surface area contributed by atoms with Gasteiger partial charge in [0.25, 0.3) is 0 Å². The van der Waals surface area contributed by atoms with Crippen molar-refractivity contribution in [1.82, 2.24) is 4.98 Å². The van der Waals surface area contributed by atoms with E-state index in [2.05, 4.69) is 170 Å². The summed E-state index contributed by atoms with van der Waals surface area (Å²) in [5, 5.41) is 9.50. The molecule has 0 radical (unpaired) electrons. The van der Waals surface area contributed by atoms with Crippen molar-refractivity contribution in [2.75, 3.05) is 0 Å². The summed E-state index contributed by atoms with van der Waals surface area (Å²) in [4.78, 5) is 5.18. The molecule has 49 heavy (non-hydrogen) atoms. The lowest BCUT2D eigenvalue weighted by molar-refractivity contribution is 0.669. The minimum atomic E-state index is 0.886. The molecule has 10 aromatic rings. The van der Waals surface area contributed by atoms with E-state index in [4.69, 9.17) is 9.40 Å². The van der Waals surface area contributed by atoms with Crippen LogP contribution in [-0.4, -0.2) is 4.98 Å². The summed E-state index contributed by atoms with van der Waals surface area (Å²) in [6, 6.07) is 60.5. The second kappa shape index (κ2) is 11.0. The maximum absolute atomic E-state index is 6.37. The van der Waals surface area contributed by atoms with Gasteiger partial charge in [-0.3, -0.25) is 4.98 Å². The standard InChI is InChI=1S/C47H29NO/c1-2-11-30(12-3-1)31-21-23-33(24-22-31)44-37-15-6-8-17-39(37)45(40-18-9-7-16-38(40)44)41-27-25-34(29-48-41)36-19-10-20-42-47(36)46-35-14-5-4-13-32(35)26-28-43(46)49-42/h1-29H. The van der Waals surface area contributed by atoms with E-state index in [1.54, 1.807) is 0 Å². The molecule has 0 atom stereocenters. The summed E-state index contributed by atoms with van der Waals surface area (Å²) in [5.41, 5.74) is 11.0. The fourth-order valence-corrected chi connectivity index (χ4v) is 7.70. The third kappa shape index (κ3) is 4.38. The van der Waals surface area contributed by atoms with Gasteiger partial charge in [-0.15, -0.1) is 0 Å². The highest BCUT2D eigenvalue weighted by Gasteiger charge is 2.19. The third-order valence-electron chi connectivity index (χ3n) is 9.93. The zero-order valence-corrected chi connectivity index (χ0v) is 26.6. The Morgan fingerprint density at radius 2 is 0.918 bits per heavy atom. The van der Waals surface area contributed by atoms with Crippen molar-refractivity contribution in [3.63, 3.8) is 0 Å². The summed E-state index contributed by atoms with van der Waals surface area (Å²) in [6.45, 7) is 0. The Morgan fingerprint density at radius 3 is 1.61 bits per heavy atom.